The topological polar surface area (TPSA) is 43.6 Å². The van der Waals surface area contributed by atoms with Crippen molar-refractivity contribution in [3.05, 3.63) is 47.4 Å². The van der Waals surface area contributed by atoms with Gasteiger partial charge in [0.15, 0.2) is 0 Å². The zero-order valence-electron chi connectivity index (χ0n) is 13.1. The zero-order chi connectivity index (χ0) is 15.2. The van der Waals surface area contributed by atoms with Crippen LogP contribution >= 0.6 is 0 Å². The normalized spacial score (nSPS) is 12.2. The highest BCUT2D eigenvalue weighted by Gasteiger charge is 2.23. The molecule has 21 heavy (non-hydrogen) atoms. The van der Waals surface area contributed by atoms with Crippen LogP contribution in [0, 0.1) is 6.92 Å². The highest BCUT2D eigenvalue weighted by Crippen LogP contribution is 2.37. The minimum atomic E-state index is -0.0199. The molecule has 0 aliphatic rings. The predicted molar refractivity (Wildman–Crippen MR) is 83.1 cm³/mol. The molecule has 2 rings (SSSR count). The van der Waals surface area contributed by atoms with E-state index in [2.05, 4.69) is 12.2 Å². The molecule has 2 aromatic rings. The van der Waals surface area contributed by atoms with Crippen molar-refractivity contribution >= 4 is 0 Å². The number of methoxy groups -OCH3 is 2. The molecule has 0 fully saturated rings. The highest BCUT2D eigenvalue weighted by molar-refractivity contribution is 5.50. The summed E-state index contributed by atoms with van der Waals surface area (Å²) in [7, 11) is 3.35. The maximum atomic E-state index is 5.53. The van der Waals surface area contributed by atoms with Crippen molar-refractivity contribution in [1.82, 2.24) is 5.32 Å². The molecule has 1 aromatic heterocycles. The Hall–Kier alpha value is -1.94. The van der Waals surface area contributed by atoms with Gasteiger partial charge in [0.05, 0.1) is 32.1 Å². The smallest absolute Gasteiger partial charge is 0.127 e. The van der Waals surface area contributed by atoms with E-state index in [4.69, 9.17) is 13.9 Å². The second-order valence-corrected chi connectivity index (χ2v) is 4.95. The fourth-order valence-corrected chi connectivity index (χ4v) is 2.45. The first-order valence-electron chi connectivity index (χ1n) is 7.20. The summed E-state index contributed by atoms with van der Waals surface area (Å²) in [5.41, 5.74) is 2.07. The molecule has 0 aliphatic carbocycles. The summed E-state index contributed by atoms with van der Waals surface area (Å²) in [6.07, 6.45) is 2.83. The average Bonchev–Trinajstić information content (AvgIpc) is 2.94. The van der Waals surface area contributed by atoms with Gasteiger partial charge in [0.2, 0.25) is 0 Å². The summed E-state index contributed by atoms with van der Waals surface area (Å²) < 4.78 is 16.5. The van der Waals surface area contributed by atoms with Crippen LogP contribution in [0.3, 0.4) is 0 Å². The first-order chi connectivity index (χ1) is 10.2. The summed E-state index contributed by atoms with van der Waals surface area (Å²) in [5, 5.41) is 3.54. The van der Waals surface area contributed by atoms with Crippen LogP contribution in [0.1, 0.15) is 36.3 Å². The van der Waals surface area contributed by atoms with Crippen molar-refractivity contribution in [2.24, 2.45) is 0 Å². The van der Waals surface area contributed by atoms with Crippen LogP contribution < -0.4 is 14.8 Å². The molecule has 114 valence electrons. The van der Waals surface area contributed by atoms with Gasteiger partial charge >= 0.3 is 0 Å². The van der Waals surface area contributed by atoms with E-state index in [1.165, 1.54) is 0 Å². The average molecular weight is 289 g/mol. The Morgan fingerprint density at radius 3 is 2.33 bits per heavy atom. The molecule has 1 heterocycles. The number of benzene rings is 1. The predicted octanol–water partition coefficient (Wildman–Crippen LogP) is 3.69. The van der Waals surface area contributed by atoms with Crippen molar-refractivity contribution < 1.29 is 13.9 Å². The molecule has 4 heteroatoms. The van der Waals surface area contributed by atoms with Gasteiger partial charge in [-0.2, -0.15) is 0 Å². The second-order valence-electron chi connectivity index (χ2n) is 4.95. The maximum absolute atomic E-state index is 5.53. The number of nitrogens with one attached hydrogen (secondary N) is 1. The van der Waals surface area contributed by atoms with E-state index in [1.807, 2.05) is 31.2 Å². The van der Waals surface area contributed by atoms with Crippen molar-refractivity contribution in [1.29, 1.82) is 0 Å². The molecular formula is C17H23NO3. The summed E-state index contributed by atoms with van der Waals surface area (Å²) in [6, 6.07) is 7.85. The molecule has 4 nitrogen and oxygen atoms in total. The first kappa shape index (κ1) is 15.4. The van der Waals surface area contributed by atoms with Crippen LogP contribution in [0.25, 0.3) is 0 Å². The Kier molecular flexibility index (Phi) is 5.28. The lowest BCUT2D eigenvalue weighted by molar-refractivity contribution is 0.376. The molecule has 0 bridgehead atoms. The SMILES string of the molecule is CCCNC(c1coc(C)c1)c1c(OC)cccc1OC. The van der Waals surface area contributed by atoms with Crippen molar-refractivity contribution in [3.63, 3.8) is 0 Å². The fraction of sp³-hybridized carbons (Fsp3) is 0.412. The Balaban J connectivity index is 2.50. The Morgan fingerprint density at radius 2 is 1.86 bits per heavy atom. The van der Waals surface area contributed by atoms with E-state index in [1.54, 1.807) is 20.5 Å². The van der Waals surface area contributed by atoms with E-state index in [9.17, 15) is 0 Å². The van der Waals surface area contributed by atoms with Crippen LogP contribution in [-0.4, -0.2) is 20.8 Å². The van der Waals surface area contributed by atoms with Crippen LogP contribution in [0.15, 0.2) is 34.9 Å². The van der Waals surface area contributed by atoms with E-state index >= 15 is 0 Å². The minimum Gasteiger partial charge on any atom is -0.496 e. The van der Waals surface area contributed by atoms with Gasteiger partial charge in [-0.15, -0.1) is 0 Å². The maximum Gasteiger partial charge on any atom is 0.127 e. The molecular weight excluding hydrogens is 266 g/mol. The molecule has 0 saturated heterocycles. The number of aryl methyl sites for hydroxylation is 1. The summed E-state index contributed by atoms with van der Waals surface area (Å²) in [4.78, 5) is 0. The third-order valence-electron chi connectivity index (χ3n) is 3.44. The van der Waals surface area contributed by atoms with E-state index in [-0.39, 0.29) is 6.04 Å². The Morgan fingerprint density at radius 1 is 1.19 bits per heavy atom. The monoisotopic (exact) mass is 289 g/mol. The van der Waals surface area contributed by atoms with Crippen molar-refractivity contribution in [2.75, 3.05) is 20.8 Å². The lowest BCUT2D eigenvalue weighted by Gasteiger charge is -2.22. The van der Waals surface area contributed by atoms with Crippen LogP contribution in [0.2, 0.25) is 0 Å². The lowest BCUT2D eigenvalue weighted by Crippen LogP contribution is -2.24. The van der Waals surface area contributed by atoms with E-state index in [0.29, 0.717) is 0 Å². The molecule has 1 N–H and O–H groups in total. The molecule has 0 aliphatic heterocycles. The van der Waals surface area contributed by atoms with Crippen molar-refractivity contribution in [3.8, 4) is 11.5 Å². The third kappa shape index (κ3) is 3.39. The standard InChI is InChI=1S/C17H23NO3/c1-5-9-18-17(13-10-12(2)21-11-13)16-14(19-3)7-6-8-15(16)20-4/h6-8,10-11,17-18H,5,9H2,1-4H3. The molecule has 0 amide bonds. The van der Waals surface area contributed by atoms with Gasteiger partial charge in [-0.25, -0.2) is 0 Å². The van der Waals surface area contributed by atoms with Crippen LogP contribution in [-0.2, 0) is 0 Å². The molecule has 1 unspecified atom stereocenters. The number of hydrogen-bond donors (Lipinski definition) is 1. The fourth-order valence-electron chi connectivity index (χ4n) is 2.45. The molecule has 0 spiro atoms. The summed E-state index contributed by atoms with van der Waals surface area (Å²) >= 11 is 0. The number of furan rings is 1. The summed E-state index contributed by atoms with van der Waals surface area (Å²) in [6.45, 7) is 4.99. The van der Waals surface area contributed by atoms with Gasteiger partial charge in [-0.1, -0.05) is 13.0 Å². The number of ether oxygens (including phenoxy) is 2. The van der Waals surface area contributed by atoms with Gasteiger partial charge in [0, 0.05) is 5.56 Å². The molecule has 1 aromatic carbocycles. The van der Waals surface area contributed by atoms with Crippen LogP contribution in [0.5, 0.6) is 11.5 Å². The zero-order valence-corrected chi connectivity index (χ0v) is 13.1. The van der Waals surface area contributed by atoms with Gasteiger partial charge in [-0.05, 0) is 38.1 Å². The quantitative estimate of drug-likeness (QED) is 0.844. The molecule has 0 saturated carbocycles. The summed E-state index contributed by atoms with van der Waals surface area (Å²) in [5.74, 6) is 2.51. The van der Waals surface area contributed by atoms with Gasteiger partial charge in [0.25, 0.3) is 0 Å². The number of rotatable bonds is 7. The van der Waals surface area contributed by atoms with Crippen LogP contribution in [0.4, 0.5) is 0 Å². The second kappa shape index (κ2) is 7.18. The highest BCUT2D eigenvalue weighted by atomic mass is 16.5. The van der Waals surface area contributed by atoms with Crippen molar-refractivity contribution in [2.45, 2.75) is 26.3 Å². The lowest BCUT2D eigenvalue weighted by atomic mass is 9.98. The molecule has 1 atom stereocenters. The Labute approximate surface area is 126 Å². The van der Waals surface area contributed by atoms with Gasteiger partial charge in [-0.3, -0.25) is 0 Å². The first-order valence-corrected chi connectivity index (χ1v) is 7.20. The van der Waals surface area contributed by atoms with E-state index < -0.39 is 0 Å². The molecule has 0 radical (unpaired) electrons. The Bertz CT molecular complexity index is 555. The minimum absolute atomic E-state index is 0.0199. The number of hydrogen-bond acceptors (Lipinski definition) is 4. The largest absolute Gasteiger partial charge is 0.496 e. The van der Waals surface area contributed by atoms with Gasteiger partial charge in [0.1, 0.15) is 17.3 Å². The third-order valence-corrected chi connectivity index (χ3v) is 3.44. The van der Waals surface area contributed by atoms with Gasteiger partial charge < -0.3 is 19.2 Å². The van der Waals surface area contributed by atoms with E-state index in [0.717, 1.165) is 41.4 Å².